The van der Waals surface area contributed by atoms with Crippen molar-refractivity contribution in [3.05, 3.63) is 72.3 Å². The first kappa shape index (κ1) is 13.0. The molecular formula is C15H13N5O. The molecule has 0 saturated heterocycles. The van der Waals surface area contributed by atoms with Gasteiger partial charge in [0.05, 0.1) is 24.6 Å². The maximum atomic E-state index is 11.9. The second-order valence-electron chi connectivity index (χ2n) is 4.41. The zero-order valence-electron chi connectivity index (χ0n) is 11.2. The van der Waals surface area contributed by atoms with E-state index in [1.807, 2.05) is 30.3 Å². The molecule has 0 bridgehead atoms. The van der Waals surface area contributed by atoms with E-state index in [0.29, 0.717) is 17.8 Å². The molecule has 0 aliphatic carbocycles. The van der Waals surface area contributed by atoms with Crippen LogP contribution in [-0.2, 0) is 6.54 Å². The molecule has 0 atom stereocenters. The molecule has 0 fully saturated rings. The van der Waals surface area contributed by atoms with Crippen LogP contribution in [0.1, 0.15) is 16.1 Å². The minimum absolute atomic E-state index is 0.133. The van der Waals surface area contributed by atoms with Gasteiger partial charge in [0, 0.05) is 11.8 Å². The quantitative estimate of drug-likeness (QED) is 0.787. The summed E-state index contributed by atoms with van der Waals surface area (Å²) in [4.78, 5) is 15.9. The number of amides is 1. The molecular weight excluding hydrogens is 266 g/mol. The summed E-state index contributed by atoms with van der Waals surface area (Å²) in [6.07, 6.45) is 5.16. The van der Waals surface area contributed by atoms with Gasteiger partial charge < -0.3 is 5.32 Å². The molecule has 6 nitrogen and oxygen atoms in total. The van der Waals surface area contributed by atoms with E-state index in [9.17, 15) is 4.79 Å². The summed E-state index contributed by atoms with van der Waals surface area (Å²) in [5.74, 6) is -0.133. The van der Waals surface area contributed by atoms with Crippen LogP contribution >= 0.6 is 0 Å². The third kappa shape index (κ3) is 3.11. The van der Waals surface area contributed by atoms with Crippen LogP contribution in [0.3, 0.4) is 0 Å². The first-order valence-corrected chi connectivity index (χ1v) is 6.48. The monoisotopic (exact) mass is 279 g/mol. The van der Waals surface area contributed by atoms with Crippen molar-refractivity contribution in [2.45, 2.75) is 6.54 Å². The average Bonchev–Trinajstić information content (AvgIpc) is 3.03. The van der Waals surface area contributed by atoms with Gasteiger partial charge in [0.25, 0.3) is 5.91 Å². The van der Waals surface area contributed by atoms with E-state index in [1.54, 1.807) is 35.4 Å². The van der Waals surface area contributed by atoms with Crippen molar-refractivity contribution in [2.75, 3.05) is 0 Å². The molecule has 6 heteroatoms. The van der Waals surface area contributed by atoms with Crippen molar-refractivity contribution in [3.8, 4) is 5.69 Å². The molecule has 104 valence electrons. The van der Waals surface area contributed by atoms with Gasteiger partial charge in [-0.1, -0.05) is 23.4 Å². The molecule has 1 aromatic carbocycles. The molecule has 0 radical (unpaired) electrons. The van der Waals surface area contributed by atoms with E-state index in [-0.39, 0.29) is 5.91 Å². The molecule has 0 spiro atoms. The Hall–Kier alpha value is -3.02. The van der Waals surface area contributed by atoms with Crippen LogP contribution in [0.2, 0.25) is 0 Å². The summed E-state index contributed by atoms with van der Waals surface area (Å²) in [6.45, 7) is 0.327. The molecule has 3 aromatic rings. The number of nitrogens with one attached hydrogen (secondary N) is 1. The molecule has 0 unspecified atom stereocenters. The maximum absolute atomic E-state index is 11.9. The summed E-state index contributed by atoms with van der Waals surface area (Å²) in [6, 6.07) is 12.8. The molecule has 2 heterocycles. The lowest BCUT2D eigenvalue weighted by molar-refractivity contribution is 0.0950. The van der Waals surface area contributed by atoms with Gasteiger partial charge in [0.2, 0.25) is 0 Å². The minimum Gasteiger partial charge on any atom is -0.346 e. The topological polar surface area (TPSA) is 72.7 Å². The Morgan fingerprint density at radius 3 is 2.76 bits per heavy atom. The zero-order valence-corrected chi connectivity index (χ0v) is 11.2. The Morgan fingerprint density at radius 2 is 2.00 bits per heavy atom. The highest BCUT2D eigenvalue weighted by atomic mass is 16.1. The van der Waals surface area contributed by atoms with Crippen molar-refractivity contribution < 1.29 is 4.79 Å². The molecule has 1 N–H and O–H groups in total. The Kier molecular flexibility index (Phi) is 3.68. The first-order valence-electron chi connectivity index (χ1n) is 6.48. The molecule has 0 saturated carbocycles. The van der Waals surface area contributed by atoms with Crippen LogP contribution in [0, 0.1) is 0 Å². The molecule has 21 heavy (non-hydrogen) atoms. The summed E-state index contributed by atoms with van der Waals surface area (Å²) in [5, 5.41) is 10.9. The largest absolute Gasteiger partial charge is 0.346 e. The smallest absolute Gasteiger partial charge is 0.251 e. The van der Waals surface area contributed by atoms with E-state index in [4.69, 9.17) is 0 Å². The van der Waals surface area contributed by atoms with Gasteiger partial charge in [-0.3, -0.25) is 9.78 Å². The molecule has 1 amide bonds. The highest BCUT2D eigenvalue weighted by Crippen LogP contribution is 2.04. The number of rotatable bonds is 4. The van der Waals surface area contributed by atoms with Crippen molar-refractivity contribution in [3.63, 3.8) is 0 Å². The van der Waals surface area contributed by atoms with Gasteiger partial charge in [-0.15, -0.1) is 5.10 Å². The number of aromatic nitrogens is 4. The molecule has 2 aromatic heterocycles. The fourth-order valence-electron chi connectivity index (χ4n) is 1.86. The molecule has 0 aliphatic heterocycles. The van der Waals surface area contributed by atoms with Crippen LogP contribution in [0.4, 0.5) is 0 Å². The fourth-order valence-corrected chi connectivity index (χ4v) is 1.86. The lowest BCUT2D eigenvalue weighted by Gasteiger charge is -2.02. The van der Waals surface area contributed by atoms with E-state index in [1.165, 1.54) is 0 Å². The van der Waals surface area contributed by atoms with Crippen LogP contribution < -0.4 is 5.32 Å². The number of pyridine rings is 1. The second kappa shape index (κ2) is 5.96. The van der Waals surface area contributed by atoms with E-state index in [2.05, 4.69) is 20.6 Å². The Morgan fingerprint density at radius 1 is 1.14 bits per heavy atom. The van der Waals surface area contributed by atoms with Crippen molar-refractivity contribution >= 4 is 5.91 Å². The van der Waals surface area contributed by atoms with E-state index < -0.39 is 0 Å². The Balaban J connectivity index is 1.64. The molecule has 0 aliphatic rings. The van der Waals surface area contributed by atoms with Gasteiger partial charge in [0.1, 0.15) is 5.69 Å². The lowest BCUT2D eigenvalue weighted by atomic mass is 10.2. The van der Waals surface area contributed by atoms with E-state index in [0.717, 1.165) is 5.69 Å². The number of benzene rings is 1. The van der Waals surface area contributed by atoms with E-state index >= 15 is 0 Å². The fraction of sp³-hybridized carbons (Fsp3) is 0.0667. The van der Waals surface area contributed by atoms with Gasteiger partial charge in [-0.05, 0) is 24.3 Å². The zero-order chi connectivity index (χ0) is 14.5. The minimum atomic E-state index is -0.133. The van der Waals surface area contributed by atoms with Crippen molar-refractivity contribution in [1.82, 2.24) is 25.3 Å². The molecule has 3 rings (SSSR count). The summed E-state index contributed by atoms with van der Waals surface area (Å²) >= 11 is 0. The predicted molar refractivity (Wildman–Crippen MR) is 76.8 cm³/mol. The van der Waals surface area contributed by atoms with Crippen LogP contribution in [0.25, 0.3) is 5.69 Å². The first-order chi connectivity index (χ1) is 10.3. The van der Waals surface area contributed by atoms with Gasteiger partial charge in [-0.25, -0.2) is 4.68 Å². The Bertz CT molecular complexity index is 724. The highest BCUT2D eigenvalue weighted by Gasteiger charge is 2.07. The highest BCUT2D eigenvalue weighted by molar-refractivity contribution is 5.93. The number of nitrogens with zero attached hydrogens (tertiary/aromatic N) is 4. The third-order valence-corrected chi connectivity index (χ3v) is 2.92. The standard InChI is InChI=1S/C15H13N5O/c21-15(12-5-2-1-3-6-12)17-9-13-11-20(19-18-13)14-7-4-8-16-10-14/h1-8,10-11H,9H2,(H,17,21). The van der Waals surface area contributed by atoms with Crippen LogP contribution in [-0.4, -0.2) is 25.9 Å². The third-order valence-electron chi connectivity index (χ3n) is 2.92. The van der Waals surface area contributed by atoms with Gasteiger partial charge >= 0.3 is 0 Å². The van der Waals surface area contributed by atoms with Crippen LogP contribution in [0.5, 0.6) is 0 Å². The predicted octanol–water partition coefficient (Wildman–Crippen LogP) is 1.59. The second-order valence-corrected chi connectivity index (χ2v) is 4.41. The van der Waals surface area contributed by atoms with Crippen molar-refractivity contribution in [1.29, 1.82) is 0 Å². The van der Waals surface area contributed by atoms with Crippen molar-refractivity contribution in [2.24, 2.45) is 0 Å². The van der Waals surface area contributed by atoms with Crippen LogP contribution in [0.15, 0.2) is 61.1 Å². The summed E-state index contributed by atoms with van der Waals surface area (Å²) in [5.41, 5.74) is 2.13. The number of carbonyl (C=O) groups is 1. The number of carbonyl (C=O) groups excluding carboxylic acids is 1. The summed E-state index contributed by atoms with van der Waals surface area (Å²) in [7, 11) is 0. The maximum Gasteiger partial charge on any atom is 0.251 e. The summed E-state index contributed by atoms with van der Waals surface area (Å²) < 4.78 is 1.62. The number of hydrogen-bond donors (Lipinski definition) is 1. The lowest BCUT2D eigenvalue weighted by Crippen LogP contribution is -2.22. The van der Waals surface area contributed by atoms with Gasteiger partial charge in [-0.2, -0.15) is 0 Å². The number of hydrogen-bond acceptors (Lipinski definition) is 4. The normalized spacial score (nSPS) is 10.3. The van der Waals surface area contributed by atoms with Gasteiger partial charge in [0.15, 0.2) is 0 Å². The Labute approximate surface area is 121 Å². The SMILES string of the molecule is O=C(NCc1cn(-c2cccnc2)nn1)c1ccccc1. The average molecular weight is 279 g/mol.